The lowest BCUT2D eigenvalue weighted by molar-refractivity contribution is 0.205. The third-order valence-corrected chi connectivity index (χ3v) is 4.36. The van der Waals surface area contributed by atoms with Crippen molar-refractivity contribution in [1.82, 2.24) is 0 Å². The van der Waals surface area contributed by atoms with Crippen LogP contribution in [-0.2, 0) is 5.41 Å². The maximum absolute atomic E-state index is 13.9. The summed E-state index contributed by atoms with van der Waals surface area (Å²) in [5.41, 5.74) is 0.914. The minimum Gasteiger partial charge on any atom is -0.247 e. The molecule has 1 atom stereocenters. The summed E-state index contributed by atoms with van der Waals surface area (Å²) in [6, 6.07) is 8.06. The van der Waals surface area contributed by atoms with Crippen molar-refractivity contribution in [2.24, 2.45) is 0 Å². The Morgan fingerprint density at radius 3 is 2.40 bits per heavy atom. The molecule has 1 saturated carbocycles. The molecule has 0 N–H and O–H groups in total. The Bertz CT molecular complexity index is 340. The lowest BCUT2D eigenvalue weighted by Gasteiger charge is -2.32. The first-order valence-corrected chi connectivity index (χ1v) is 6.35. The number of alkyl halides is 1. The predicted molar refractivity (Wildman–Crippen MR) is 64.9 cm³/mol. The third kappa shape index (κ3) is 1.84. The highest BCUT2D eigenvalue weighted by atomic mass is 79.9. The van der Waals surface area contributed by atoms with E-state index in [1.165, 1.54) is 0 Å². The van der Waals surface area contributed by atoms with Gasteiger partial charge in [0.25, 0.3) is 0 Å². The Hall–Kier alpha value is -0.370. The van der Waals surface area contributed by atoms with Crippen molar-refractivity contribution in [2.45, 2.75) is 44.2 Å². The van der Waals surface area contributed by atoms with Crippen molar-refractivity contribution in [3.8, 4) is 0 Å². The van der Waals surface area contributed by atoms with Gasteiger partial charge in [-0.15, -0.1) is 0 Å². The topological polar surface area (TPSA) is 0 Å². The van der Waals surface area contributed by atoms with Crippen molar-refractivity contribution < 1.29 is 4.39 Å². The largest absolute Gasteiger partial charge is 0.247 e. The van der Waals surface area contributed by atoms with E-state index in [2.05, 4.69) is 22.0 Å². The van der Waals surface area contributed by atoms with Crippen LogP contribution in [0.3, 0.4) is 0 Å². The monoisotopic (exact) mass is 270 g/mol. The highest BCUT2D eigenvalue weighted by Gasteiger charge is 2.41. The van der Waals surface area contributed by atoms with Crippen LogP contribution in [0.4, 0.5) is 4.39 Å². The van der Waals surface area contributed by atoms with Gasteiger partial charge in [-0.05, 0) is 31.4 Å². The summed E-state index contributed by atoms with van der Waals surface area (Å²) in [5.74, 6) is 0. The fourth-order valence-electron chi connectivity index (χ4n) is 2.75. The molecule has 0 heterocycles. The maximum atomic E-state index is 13.9. The zero-order chi connectivity index (χ0) is 10.9. The minimum atomic E-state index is -0.765. The molecule has 2 rings (SSSR count). The number of rotatable bonds is 2. The van der Waals surface area contributed by atoms with Crippen molar-refractivity contribution in [1.29, 1.82) is 0 Å². The molecular formula is C13H16BrF. The predicted octanol–water partition coefficient (Wildman–Crippen LogP) is 4.62. The van der Waals surface area contributed by atoms with Crippen LogP contribution < -0.4 is 0 Å². The third-order valence-electron chi connectivity index (χ3n) is 3.67. The van der Waals surface area contributed by atoms with Gasteiger partial charge in [0.05, 0.1) is 0 Å². The van der Waals surface area contributed by atoms with Crippen molar-refractivity contribution >= 4 is 15.9 Å². The molecule has 1 aliphatic rings. The summed E-state index contributed by atoms with van der Waals surface area (Å²) in [6.45, 7) is 1.70. The van der Waals surface area contributed by atoms with Gasteiger partial charge in [-0.25, -0.2) is 4.39 Å². The van der Waals surface area contributed by atoms with E-state index in [1.54, 1.807) is 6.92 Å². The number of benzene rings is 1. The average Bonchev–Trinajstić information content (AvgIpc) is 2.68. The molecule has 1 aromatic rings. The Morgan fingerprint density at radius 1 is 1.27 bits per heavy atom. The van der Waals surface area contributed by atoms with Gasteiger partial charge in [0.2, 0.25) is 0 Å². The quantitative estimate of drug-likeness (QED) is 0.736. The van der Waals surface area contributed by atoms with E-state index in [1.807, 2.05) is 18.2 Å². The molecule has 1 aromatic carbocycles. The normalized spacial score (nSPS) is 21.5. The summed E-state index contributed by atoms with van der Waals surface area (Å²) < 4.78 is 15.0. The van der Waals surface area contributed by atoms with Crippen molar-refractivity contribution in [2.75, 3.05) is 0 Å². The fraction of sp³-hybridized carbons (Fsp3) is 0.538. The molecule has 1 aliphatic carbocycles. The highest BCUT2D eigenvalue weighted by Crippen LogP contribution is 2.47. The van der Waals surface area contributed by atoms with E-state index in [0.29, 0.717) is 0 Å². The Balaban J connectivity index is 2.46. The zero-order valence-electron chi connectivity index (χ0n) is 8.97. The first-order chi connectivity index (χ1) is 7.17. The summed E-state index contributed by atoms with van der Waals surface area (Å²) >= 11 is 3.54. The minimum absolute atomic E-state index is 0.236. The summed E-state index contributed by atoms with van der Waals surface area (Å²) in [6.07, 6.45) is 3.49. The molecular weight excluding hydrogens is 255 g/mol. The summed E-state index contributed by atoms with van der Waals surface area (Å²) in [4.78, 5) is 0. The second kappa shape index (κ2) is 4.25. The van der Waals surface area contributed by atoms with E-state index < -0.39 is 6.17 Å². The summed E-state index contributed by atoms with van der Waals surface area (Å²) in [7, 11) is 0. The van der Waals surface area contributed by atoms with Gasteiger partial charge in [0, 0.05) is 9.89 Å². The molecule has 0 saturated heterocycles. The number of hydrogen-bond donors (Lipinski definition) is 0. The first kappa shape index (κ1) is 11.1. The van der Waals surface area contributed by atoms with Crippen LogP contribution in [0.15, 0.2) is 28.7 Å². The molecule has 0 aliphatic heterocycles. The van der Waals surface area contributed by atoms with E-state index in [9.17, 15) is 4.39 Å². The molecule has 1 unspecified atom stereocenters. The maximum Gasteiger partial charge on any atom is 0.107 e. The highest BCUT2D eigenvalue weighted by molar-refractivity contribution is 9.10. The Morgan fingerprint density at radius 2 is 1.87 bits per heavy atom. The van der Waals surface area contributed by atoms with Gasteiger partial charge >= 0.3 is 0 Å². The molecule has 0 radical (unpaired) electrons. The molecule has 15 heavy (non-hydrogen) atoms. The van der Waals surface area contributed by atoms with Crippen LogP contribution in [0, 0.1) is 0 Å². The van der Waals surface area contributed by atoms with Gasteiger partial charge < -0.3 is 0 Å². The SMILES string of the molecule is CC(F)C1(c2ccccc2Br)CCCC1. The molecule has 0 amide bonds. The Labute approximate surface area is 99.0 Å². The second-order valence-corrected chi connectivity index (χ2v) is 5.31. The zero-order valence-corrected chi connectivity index (χ0v) is 10.6. The first-order valence-electron chi connectivity index (χ1n) is 5.56. The van der Waals surface area contributed by atoms with E-state index in [-0.39, 0.29) is 5.41 Å². The second-order valence-electron chi connectivity index (χ2n) is 4.46. The van der Waals surface area contributed by atoms with Crippen LogP contribution in [0.2, 0.25) is 0 Å². The lowest BCUT2D eigenvalue weighted by atomic mass is 9.75. The van der Waals surface area contributed by atoms with Gasteiger partial charge in [0.1, 0.15) is 6.17 Å². The number of halogens is 2. The van der Waals surface area contributed by atoms with Crippen LogP contribution in [0.1, 0.15) is 38.2 Å². The summed E-state index contributed by atoms with van der Waals surface area (Å²) in [5, 5.41) is 0. The molecule has 2 heteroatoms. The molecule has 0 aromatic heterocycles. The van der Waals surface area contributed by atoms with Gasteiger partial charge in [-0.2, -0.15) is 0 Å². The fourth-order valence-corrected chi connectivity index (χ4v) is 3.43. The molecule has 0 spiro atoms. The van der Waals surface area contributed by atoms with Crippen LogP contribution in [0.25, 0.3) is 0 Å². The van der Waals surface area contributed by atoms with E-state index in [4.69, 9.17) is 0 Å². The van der Waals surface area contributed by atoms with Crippen LogP contribution in [0.5, 0.6) is 0 Å². The van der Waals surface area contributed by atoms with Gasteiger partial charge in [-0.3, -0.25) is 0 Å². The standard InChI is InChI=1S/C13H16BrF/c1-10(15)13(8-4-5-9-13)11-6-2-3-7-12(11)14/h2-3,6-7,10H,4-5,8-9H2,1H3. The number of hydrogen-bond acceptors (Lipinski definition) is 0. The molecule has 0 nitrogen and oxygen atoms in total. The molecule has 0 bridgehead atoms. The van der Waals surface area contributed by atoms with Gasteiger partial charge in [-0.1, -0.05) is 47.0 Å². The molecule has 82 valence electrons. The van der Waals surface area contributed by atoms with E-state index in [0.717, 1.165) is 35.7 Å². The smallest absolute Gasteiger partial charge is 0.107 e. The van der Waals surface area contributed by atoms with Crippen LogP contribution in [-0.4, -0.2) is 6.17 Å². The Kier molecular flexibility index (Phi) is 3.15. The van der Waals surface area contributed by atoms with E-state index >= 15 is 0 Å². The van der Waals surface area contributed by atoms with Crippen molar-refractivity contribution in [3.63, 3.8) is 0 Å². The lowest BCUT2D eigenvalue weighted by Crippen LogP contribution is -2.32. The van der Waals surface area contributed by atoms with Crippen molar-refractivity contribution in [3.05, 3.63) is 34.3 Å². The van der Waals surface area contributed by atoms with Gasteiger partial charge in [0.15, 0.2) is 0 Å². The average molecular weight is 271 g/mol. The molecule has 1 fully saturated rings. The van der Waals surface area contributed by atoms with Crippen LogP contribution >= 0.6 is 15.9 Å².